The van der Waals surface area contributed by atoms with E-state index in [1.165, 1.54) is 18.2 Å². The Labute approximate surface area is 167 Å². The molecule has 0 heterocycles. The van der Waals surface area contributed by atoms with Crippen molar-refractivity contribution in [2.24, 2.45) is 0 Å². The first-order valence-corrected chi connectivity index (χ1v) is 9.66. The Morgan fingerprint density at radius 3 is 2.67 bits per heavy atom. The first kappa shape index (κ1) is 21.0. The zero-order valence-corrected chi connectivity index (χ0v) is 17.0. The Hall–Kier alpha value is -2.34. The Morgan fingerprint density at radius 1 is 1.15 bits per heavy atom. The van der Waals surface area contributed by atoms with Crippen molar-refractivity contribution in [2.75, 3.05) is 18.5 Å². The van der Waals surface area contributed by atoms with Crippen LogP contribution < -0.4 is 14.8 Å². The first-order chi connectivity index (χ1) is 13.0. The lowest BCUT2D eigenvalue weighted by atomic mass is 10.2. The molecule has 1 N–H and O–H groups in total. The third kappa shape index (κ3) is 6.71. The number of halogens is 2. The Morgan fingerprint density at radius 2 is 1.96 bits per heavy atom. The average molecular weight is 436 g/mol. The number of hydrogen-bond acceptors (Lipinski definition) is 3. The van der Waals surface area contributed by atoms with Crippen LogP contribution in [0.5, 0.6) is 11.5 Å². The van der Waals surface area contributed by atoms with E-state index in [2.05, 4.69) is 28.2 Å². The highest BCUT2D eigenvalue weighted by atomic mass is 79.9. The van der Waals surface area contributed by atoms with Crippen LogP contribution in [0.2, 0.25) is 0 Å². The van der Waals surface area contributed by atoms with Crippen LogP contribution >= 0.6 is 15.9 Å². The predicted molar refractivity (Wildman–Crippen MR) is 110 cm³/mol. The van der Waals surface area contributed by atoms with Gasteiger partial charge in [0, 0.05) is 10.5 Å². The number of benzene rings is 2. The molecule has 144 valence electrons. The molecule has 0 atom stereocenters. The van der Waals surface area contributed by atoms with Crippen LogP contribution in [0.3, 0.4) is 0 Å². The molecular weight excluding hydrogens is 413 g/mol. The van der Waals surface area contributed by atoms with E-state index >= 15 is 0 Å². The predicted octanol–water partition coefficient (Wildman–Crippen LogP) is 5.82. The van der Waals surface area contributed by atoms with Crippen molar-refractivity contribution in [3.8, 4) is 11.5 Å². The van der Waals surface area contributed by atoms with E-state index < -0.39 is 11.7 Å². The van der Waals surface area contributed by atoms with Gasteiger partial charge in [-0.2, -0.15) is 0 Å². The molecule has 0 aliphatic carbocycles. The van der Waals surface area contributed by atoms with Crippen LogP contribution in [0.4, 0.5) is 10.1 Å². The van der Waals surface area contributed by atoms with Crippen LogP contribution in [-0.4, -0.2) is 19.1 Å². The lowest BCUT2D eigenvalue weighted by Crippen LogP contribution is -2.09. The van der Waals surface area contributed by atoms with Gasteiger partial charge in [-0.15, -0.1) is 0 Å². The molecule has 0 aliphatic heterocycles. The van der Waals surface area contributed by atoms with Crippen molar-refractivity contribution in [1.82, 2.24) is 0 Å². The summed E-state index contributed by atoms with van der Waals surface area (Å²) in [6.45, 7) is 5.15. The molecule has 1 amide bonds. The second kappa shape index (κ2) is 10.7. The molecule has 0 spiro atoms. The molecule has 0 aromatic heterocycles. The number of anilines is 1. The number of ether oxygens (including phenoxy) is 2. The van der Waals surface area contributed by atoms with E-state index in [1.807, 2.05) is 25.1 Å². The largest absolute Gasteiger partial charge is 0.490 e. The van der Waals surface area contributed by atoms with Crippen molar-refractivity contribution < 1.29 is 18.7 Å². The molecule has 27 heavy (non-hydrogen) atoms. The molecule has 2 aromatic carbocycles. The highest BCUT2D eigenvalue weighted by Gasteiger charge is 2.07. The summed E-state index contributed by atoms with van der Waals surface area (Å²) in [5.41, 5.74) is 0.912. The van der Waals surface area contributed by atoms with Gasteiger partial charge in [-0.1, -0.05) is 35.3 Å². The number of hydrogen-bond donors (Lipinski definition) is 1. The quantitative estimate of drug-likeness (QED) is 0.398. The third-order valence-electron chi connectivity index (χ3n) is 3.64. The summed E-state index contributed by atoms with van der Waals surface area (Å²) in [6.07, 6.45) is 5.02. The van der Waals surface area contributed by atoms with E-state index in [9.17, 15) is 9.18 Å². The fourth-order valence-electron chi connectivity index (χ4n) is 2.28. The monoisotopic (exact) mass is 435 g/mol. The van der Waals surface area contributed by atoms with Crippen LogP contribution in [0.1, 0.15) is 32.3 Å². The molecule has 6 heteroatoms. The maximum Gasteiger partial charge on any atom is 0.248 e. The van der Waals surface area contributed by atoms with Crippen molar-refractivity contribution in [1.29, 1.82) is 0 Å². The average Bonchev–Trinajstić information content (AvgIpc) is 2.64. The van der Waals surface area contributed by atoms with E-state index in [4.69, 9.17) is 9.47 Å². The van der Waals surface area contributed by atoms with Crippen molar-refractivity contribution in [2.45, 2.75) is 26.7 Å². The summed E-state index contributed by atoms with van der Waals surface area (Å²) in [4.78, 5) is 12.0. The van der Waals surface area contributed by atoms with E-state index in [1.54, 1.807) is 12.1 Å². The fourth-order valence-corrected chi connectivity index (χ4v) is 2.61. The van der Waals surface area contributed by atoms with Gasteiger partial charge in [0.1, 0.15) is 5.82 Å². The summed E-state index contributed by atoms with van der Waals surface area (Å²) >= 11 is 3.18. The lowest BCUT2D eigenvalue weighted by molar-refractivity contribution is -0.111. The molecular formula is C21H23BrFNO3. The van der Waals surface area contributed by atoms with Gasteiger partial charge < -0.3 is 14.8 Å². The molecule has 0 saturated heterocycles. The molecule has 0 radical (unpaired) electrons. The number of unbranched alkanes of at least 4 members (excludes halogenated alkanes) is 1. The maximum atomic E-state index is 13.8. The molecule has 4 nitrogen and oxygen atoms in total. The third-order valence-corrected chi connectivity index (χ3v) is 4.13. The van der Waals surface area contributed by atoms with Crippen LogP contribution in [-0.2, 0) is 4.79 Å². The van der Waals surface area contributed by atoms with Crippen LogP contribution in [0, 0.1) is 5.82 Å². The minimum Gasteiger partial charge on any atom is -0.490 e. The minimum absolute atomic E-state index is 0.127. The summed E-state index contributed by atoms with van der Waals surface area (Å²) in [6, 6.07) is 9.94. The minimum atomic E-state index is -0.502. The van der Waals surface area contributed by atoms with Gasteiger partial charge >= 0.3 is 0 Å². The van der Waals surface area contributed by atoms with Crippen molar-refractivity contribution in [3.63, 3.8) is 0 Å². The molecule has 2 aromatic rings. The number of rotatable bonds is 9. The standard InChI is InChI=1S/C21H23BrFNO3/c1-3-5-12-27-19-10-6-15(13-20(19)26-4-2)7-11-21(25)24-18-9-8-16(22)14-17(18)23/h6-11,13-14H,3-5,12H2,1-2H3,(H,24,25)/b11-7+. The lowest BCUT2D eigenvalue weighted by Gasteiger charge is -2.12. The maximum absolute atomic E-state index is 13.8. The first-order valence-electron chi connectivity index (χ1n) is 8.87. The highest BCUT2D eigenvalue weighted by molar-refractivity contribution is 9.10. The fraction of sp³-hybridized carbons (Fsp3) is 0.286. The summed E-state index contributed by atoms with van der Waals surface area (Å²) in [5.74, 6) is 0.398. The topological polar surface area (TPSA) is 47.6 Å². The summed E-state index contributed by atoms with van der Waals surface area (Å²) in [7, 11) is 0. The van der Waals surface area contributed by atoms with Crippen LogP contribution in [0.15, 0.2) is 46.9 Å². The zero-order valence-electron chi connectivity index (χ0n) is 15.4. The van der Waals surface area contributed by atoms with Crippen LogP contribution in [0.25, 0.3) is 6.08 Å². The second-order valence-corrected chi connectivity index (χ2v) is 6.70. The van der Waals surface area contributed by atoms with Gasteiger partial charge in [-0.05, 0) is 55.3 Å². The van der Waals surface area contributed by atoms with Gasteiger partial charge in [0.15, 0.2) is 11.5 Å². The Bertz CT molecular complexity index is 808. The second-order valence-electron chi connectivity index (χ2n) is 5.79. The van der Waals surface area contributed by atoms with Gasteiger partial charge in [0.25, 0.3) is 0 Å². The molecule has 0 fully saturated rings. The molecule has 0 unspecified atom stereocenters. The van der Waals surface area contributed by atoms with Gasteiger partial charge in [0.2, 0.25) is 5.91 Å². The highest BCUT2D eigenvalue weighted by Crippen LogP contribution is 2.29. The van der Waals surface area contributed by atoms with Gasteiger partial charge in [-0.3, -0.25) is 4.79 Å². The number of amides is 1. The Balaban J connectivity index is 2.06. The number of carbonyl (C=O) groups excluding carboxylic acids is 1. The smallest absolute Gasteiger partial charge is 0.248 e. The molecule has 0 aliphatic rings. The van der Waals surface area contributed by atoms with Crippen molar-refractivity contribution in [3.05, 3.63) is 58.3 Å². The van der Waals surface area contributed by atoms with Gasteiger partial charge in [-0.25, -0.2) is 4.39 Å². The molecule has 0 bridgehead atoms. The number of nitrogens with one attached hydrogen (secondary N) is 1. The van der Waals surface area contributed by atoms with Crippen molar-refractivity contribution >= 4 is 33.6 Å². The molecule has 2 rings (SSSR count). The summed E-state index contributed by atoms with van der Waals surface area (Å²) in [5, 5.41) is 2.52. The van der Waals surface area contributed by atoms with E-state index in [0.717, 1.165) is 18.4 Å². The Kier molecular flexibility index (Phi) is 8.33. The van der Waals surface area contributed by atoms with Gasteiger partial charge in [0.05, 0.1) is 18.9 Å². The summed E-state index contributed by atoms with van der Waals surface area (Å²) < 4.78 is 25.8. The zero-order chi connectivity index (χ0) is 19.6. The molecule has 0 saturated carbocycles. The number of carbonyl (C=O) groups is 1. The normalized spacial score (nSPS) is 10.8. The van der Waals surface area contributed by atoms with E-state index in [0.29, 0.717) is 29.2 Å². The SMILES string of the molecule is CCCCOc1ccc(/C=C/C(=O)Nc2ccc(Br)cc2F)cc1OCC. The van der Waals surface area contributed by atoms with E-state index in [-0.39, 0.29) is 5.69 Å².